The molecule has 1 aliphatic carbocycles. The Labute approximate surface area is 123 Å². The number of Topliss-reactive ketones (excluding diaryl/α,β-unsaturated/α-hetero) is 1. The first-order valence-corrected chi connectivity index (χ1v) is 7.92. The third-order valence-electron chi connectivity index (χ3n) is 3.74. The van der Waals surface area contributed by atoms with Crippen molar-refractivity contribution in [2.75, 3.05) is 13.2 Å². The average Bonchev–Trinajstić information content (AvgIpc) is 2.68. The molecule has 2 rings (SSSR count). The minimum absolute atomic E-state index is 0.0566. The largest absolute Gasteiger partial charge is 0.373 e. The van der Waals surface area contributed by atoms with Gasteiger partial charge in [-0.1, -0.05) is 59.8 Å². The van der Waals surface area contributed by atoms with E-state index in [-0.39, 0.29) is 12.4 Å². The van der Waals surface area contributed by atoms with Crippen LogP contribution in [0, 0.1) is 5.92 Å². The fourth-order valence-corrected chi connectivity index (χ4v) is 3.12. The number of ketones is 1. The summed E-state index contributed by atoms with van der Waals surface area (Å²) in [4.78, 5) is 12.0. The monoisotopic (exact) mass is 324 g/mol. The molecule has 0 radical (unpaired) electrons. The first-order chi connectivity index (χ1) is 9.27. The Kier molecular flexibility index (Phi) is 6.05. The lowest BCUT2D eigenvalue weighted by Crippen LogP contribution is -2.15. The van der Waals surface area contributed by atoms with E-state index in [9.17, 15) is 4.79 Å². The molecule has 2 nitrogen and oxygen atoms in total. The molecule has 19 heavy (non-hydrogen) atoms. The van der Waals surface area contributed by atoms with Crippen LogP contribution >= 0.6 is 15.9 Å². The molecule has 0 amide bonds. The van der Waals surface area contributed by atoms with E-state index in [4.69, 9.17) is 4.74 Å². The van der Waals surface area contributed by atoms with Gasteiger partial charge in [-0.05, 0) is 24.8 Å². The van der Waals surface area contributed by atoms with Gasteiger partial charge in [-0.25, -0.2) is 0 Å². The summed E-state index contributed by atoms with van der Waals surface area (Å²) in [5.41, 5.74) is 0.711. The van der Waals surface area contributed by atoms with E-state index < -0.39 is 0 Å². The van der Waals surface area contributed by atoms with Crippen LogP contribution in [0.15, 0.2) is 28.7 Å². The molecule has 0 saturated heterocycles. The van der Waals surface area contributed by atoms with Crippen LogP contribution in [0.5, 0.6) is 0 Å². The normalized spacial score (nSPS) is 17.1. The van der Waals surface area contributed by atoms with E-state index in [1.165, 1.54) is 38.5 Å². The minimum Gasteiger partial charge on any atom is -0.373 e. The number of benzene rings is 1. The number of hydrogen-bond donors (Lipinski definition) is 0. The van der Waals surface area contributed by atoms with Gasteiger partial charge >= 0.3 is 0 Å². The first-order valence-electron chi connectivity index (χ1n) is 7.13. The molecular formula is C16H21BrO2. The van der Waals surface area contributed by atoms with Crippen molar-refractivity contribution in [2.45, 2.75) is 38.5 Å². The molecule has 1 aromatic carbocycles. The van der Waals surface area contributed by atoms with Gasteiger partial charge in [-0.15, -0.1) is 0 Å². The van der Waals surface area contributed by atoms with Crippen LogP contribution in [0.2, 0.25) is 0 Å². The third kappa shape index (κ3) is 4.73. The number of ether oxygens (including phenoxy) is 1. The molecule has 1 saturated carbocycles. The number of rotatable bonds is 5. The van der Waals surface area contributed by atoms with Crippen LogP contribution in [0.25, 0.3) is 0 Å². The second-order valence-electron chi connectivity index (χ2n) is 5.28. The highest BCUT2D eigenvalue weighted by atomic mass is 79.9. The molecule has 0 aliphatic heterocycles. The maximum absolute atomic E-state index is 12.0. The van der Waals surface area contributed by atoms with Crippen molar-refractivity contribution in [3.05, 3.63) is 34.3 Å². The number of carbonyl (C=O) groups is 1. The van der Waals surface area contributed by atoms with Crippen molar-refractivity contribution >= 4 is 21.7 Å². The Hall–Kier alpha value is -0.670. The van der Waals surface area contributed by atoms with Crippen LogP contribution in [0.4, 0.5) is 0 Å². The van der Waals surface area contributed by atoms with E-state index in [1.54, 1.807) is 0 Å². The van der Waals surface area contributed by atoms with Crippen molar-refractivity contribution in [3.8, 4) is 0 Å². The zero-order valence-electron chi connectivity index (χ0n) is 11.2. The van der Waals surface area contributed by atoms with Gasteiger partial charge in [0.1, 0.15) is 6.61 Å². The van der Waals surface area contributed by atoms with Gasteiger partial charge in [-0.3, -0.25) is 4.79 Å². The van der Waals surface area contributed by atoms with Crippen molar-refractivity contribution < 1.29 is 9.53 Å². The highest BCUT2D eigenvalue weighted by Crippen LogP contribution is 2.23. The molecule has 0 heterocycles. The SMILES string of the molecule is O=C(COCC1CCCCCC1)c1ccccc1Br. The summed E-state index contributed by atoms with van der Waals surface area (Å²) in [7, 11) is 0. The Bertz CT molecular complexity index is 409. The molecule has 0 bridgehead atoms. The summed E-state index contributed by atoms with van der Waals surface area (Å²) in [5.74, 6) is 0.704. The average molecular weight is 325 g/mol. The van der Waals surface area contributed by atoms with Gasteiger partial charge in [0.25, 0.3) is 0 Å². The van der Waals surface area contributed by atoms with Crippen LogP contribution in [-0.4, -0.2) is 19.0 Å². The predicted molar refractivity (Wildman–Crippen MR) is 80.5 cm³/mol. The number of hydrogen-bond acceptors (Lipinski definition) is 2. The smallest absolute Gasteiger partial charge is 0.189 e. The molecule has 0 aromatic heterocycles. The molecule has 0 spiro atoms. The molecule has 104 valence electrons. The fourth-order valence-electron chi connectivity index (χ4n) is 2.61. The summed E-state index contributed by atoms with van der Waals surface area (Å²) in [6.45, 7) is 0.926. The number of halogens is 1. The zero-order valence-corrected chi connectivity index (χ0v) is 12.8. The Morgan fingerprint density at radius 2 is 1.84 bits per heavy atom. The molecule has 1 fully saturated rings. The summed E-state index contributed by atoms with van der Waals surface area (Å²) in [6, 6.07) is 7.51. The third-order valence-corrected chi connectivity index (χ3v) is 4.43. The van der Waals surface area contributed by atoms with Crippen molar-refractivity contribution in [3.63, 3.8) is 0 Å². The fraction of sp³-hybridized carbons (Fsp3) is 0.562. The van der Waals surface area contributed by atoms with Crippen LogP contribution in [-0.2, 0) is 4.74 Å². The zero-order chi connectivity index (χ0) is 13.5. The number of carbonyl (C=O) groups excluding carboxylic acids is 1. The maximum Gasteiger partial charge on any atom is 0.189 e. The molecule has 0 N–H and O–H groups in total. The van der Waals surface area contributed by atoms with E-state index in [0.717, 1.165) is 11.1 Å². The van der Waals surface area contributed by atoms with Gasteiger partial charge in [0, 0.05) is 10.0 Å². The lowest BCUT2D eigenvalue weighted by molar-refractivity contribution is 0.0657. The molecule has 0 atom stereocenters. The van der Waals surface area contributed by atoms with Gasteiger partial charge < -0.3 is 4.74 Å². The van der Waals surface area contributed by atoms with E-state index in [2.05, 4.69) is 15.9 Å². The topological polar surface area (TPSA) is 26.3 Å². The van der Waals surface area contributed by atoms with E-state index in [1.807, 2.05) is 24.3 Å². The summed E-state index contributed by atoms with van der Waals surface area (Å²) < 4.78 is 6.47. The molecule has 0 unspecified atom stereocenters. The Morgan fingerprint density at radius 3 is 2.53 bits per heavy atom. The quantitative estimate of drug-likeness (QED) is 0.583. The molecule has 1 aromatic rings. The molecule has 3 heteroatoms. The predicted octanol–water partition coefficient (Wildman–Crippen LogP) is 4.62. The second-order valence-corrected chi connectivity index (χ2v) is 6.13. The molecular weight excluding hydrogens is 304 g/mol. The van der Waals surface area contributed by atoms with Crippen LogP contribution in [0.1, 0.15) is 48.9 Å². The second kappa shape index (κ2) is 7.81. The highest BCUT2D eigenvalue weighted by molar-refractivity contribution is 9.10. The van der Waals surface area contributed by atoms with Gasteiger partial charge in [0.15, 0.2) is 5.78 Å². The lowest BCUT2D eigenvalue weighted by atomic mass is 10.0. The van der Waals surface area contributed by atoms with Crippen LogP contribution < -0.4 is 0 Å². The summed E-state index contributed by atoms with van der Waals surface area (Å²) in [6.07, 6.45) is 7.84. The van der Waals surface area contributed by atoms with Gasteiger partial charge in [-0.2, -0.15) is 0 Å². The Balaban J connectivity index is 1.76. The maximum atomic E-state index is 12.0. The van der Waals surface area contributed by atoms with E-state index >= 15 is 0 Å². The summed E-state index contributed by atoms with van der Waals surface area (Å²) >= 11 is 3.40. The standard InChI is InChI=1S/C16H21BrO2/c17-15-10-6-5-9-14(15)16(18)12-19-11-13-7-3-1-2-4-8-13/h5-6,9-10,13H,1-4,7-8,11-12H2. The minimum atomic E-state index is 0.0566. The molecule has 1 aliphatic rings. The van der Waals surface area contributed by atoms with Crippen molar-refractivity contribution in [2.24, 2.45) is 5.92 Å². The first kappa shape index (κ1) is 14.7. The lowest BCUT2D eigenvalue weighted by Gasteiger charge is -2.13. The van der Waals surface area contributed by atoms with Crippen LogP contribution in [0.3, 0.4) is 0 Å². The summed E-state index contributed by atoms with van der Waals surface area (Å²) in [5, 5.41) is 0. The van der Waals surface area contributed by atoms with E-state index in [0.29, 0.717) is 11.5 Å². The van der Waals surface area contributed by atoms with Crippen molar-refractivity contribution in [1.29, 1.82) is 0 Å². The van der Waals surface area contributed by atoms with Gasteiger partial charge in [0.05, 0.1) is 6.61 Å². The van der Waals surface area contributed by atoms with Gasteiger partial charge in [0.2, 0.25) is 0 Å². The van der Waals surface area contributed by atoms with Crippen molar-refractivity contribution in [1.82, 2.24) is 0 Å². The Morgan fingerprint density at radius 1 is 1.16 bits per heavy atom. The highest BCUT2D eigenvalue weighted by Gasteiger charge is 2.14.